The Morgan fingerprint density at radius 3 is 2.84 bits per heavy atom. The molecular formula is C22H22F3N5O2. The topological polar surface area (TPSA) is 70.9 Å². The quantitative estimate of drug-likeness (QED) is 0.648. The third-order valence-corrected chi connectivity index (χ3v) is 5.74. The van der Waals surface area contributed by atoms with Gasteiger partial charge >= 0.3 is 6.18 Å². The van der Waals surface area contributed by atoms with Gasteiger partial charge in [-0.15, -0.1) is 0 Å². The number of ether oxygens (including phenoxy) is 1. The molecule has 2 N–H and O–H groups in total. The van der Waals surface area contributed by atoms with Gasteiger partial charge < -0.3 is 19.8 Å². The van der Waals surface area contributed by atoms with E-state index >= 15 is 0 Å². The zero-order chi connectivity index (χ0) is 22.3. The monoisotopic (exact) mass is 445 g/mol. The number of aromatic nitrogens is 2. The average Bonchev–Trinajstić information content (AvgIpc) is 2.92. The Kier molecular flexibility index (Phi) is 5.26. The van der Waals surface area contributed by atoms with Gasteiger partial charge in [0.1, 0.15) is 11.4 Å². The Morgan fingerprint density at radius 1 is 1.12 bits per heavy atom. The largest absolute Gasteiger partial charge is 0.482 e. The molecule has 0 spiro atoms. The maximum atomic E-state index is 13.4. The average molecular weight is 445 g/mol. The van der Waals surface area contributed by atoms with Crippen LogP contribution in [-0.4, -0.2) is 53.0 Å². The Labute approximate surface area is 182 Å². The molecule has 3 aromatic rings. The number of benzene rings is 1. The standard InChI is InChI=1S/C22H22F3N5O2/c23-22(24,25)15-3-5-19-28-21(14-2-4-18-16(10-14)27-20(31)13-32-18)17(30(19)11-15)12-29-8-1-6-26-7-9-29/h2-5,10-11,26H,1,6-9,12-13H2,(H,27,31). The molecule has 2 aliphatic rings. The van der Waals surface area contributed by atoms with E-state index in [1.54, 1.807) is 12.1 Å². The van der Waals surface area contributed by atoms with Crippen LogP contribution in [0.4, 0.5) is 18.9 Å². The van der Waals surface area contributed by atoms with Gasteiger partial charge in [0.15, 0.2) is 6.61 Å². The summed E-state index contributed by atoms with van der Waals surface area (Å²) in [6.45, 7) is 3.78. The molecule has 0 atom stereocenters. The second-order valence-electron chi connectivity index (χ2n) is 7.98. The number of carbonyl (C=O) groups is 1. The number of imidazole rings is 1. The first-order chi connectivity index (χ1) is 15.4. The molecule has 4 heterocycles. The van der Waals surface area contributed by atoms with E-state index in [2.05, 4.69) is 20.5 Å². The van der Waals surface area contributed by atoms with Crippen LogP contribution in [0.5, 0.6) is 5.75 Å². The molecule has 7 nitrogen and oxygen atoms in total. The van der Waals surface area contributed by atoms with E-state index in [0.29, 0.717) is 40.6 Å². The van der Waals surface area contributed by atoms with E-state index in [1.165, 1.54) is 10.5 Å². The first-order valence-electron chi connectivity index (χ1n) is 10.5. The summed E-state index contributed by atoms with van der Waals surface area (Å²) in [7, 11) is 0. The van der Waals surface area contributed by atoms with Crippen LogP contribution in [0.1, 0.15) is 17.7 Å². The van der Waals surface area contributed by atoms with Crippen molar-refractivity contribution in [3.8, 4) is 17.0 Å². The van der Waals surface area contributed by atoms with Gasteiger partial charge in [0, 0.05) is 31.4 Å². The molecule has 0 saturated carbocycles. The van der Waals surface area contributed by atoms with Crippen LogP contribution in [-0.2, 0) is 17.5 Å². The molecule has 0 aliphatic carbocycles. The summed E-state index contributed by atoms with van der Waals surface area (Å²) in [6.07, 6.45) is -2.38. The zero-order valence-electron chi connectivity index (χ0n) is 17.2. The SMILES string of the molecule is O=C1COc2ccc(-c3nc4ccc(C(F)(F)F)cn4c3CN3CCCNCC3)cc2N1. The number of carbonyl (C=O) groups excluding carboxylic acids is 1. The highest BCUT2D eigenvalue weighted by atomic mass is 19.4. The number of anilines is 1. The van der Waals surface area contributed by atoms with Crippen LogP contribution in [0, 0.1) is 0 Å². The minimum absolute atomic E-state index is 0.0465. The highest BCUT2D eigenvalue weighted by Crippen LogP contribution is 2.35. The number of rotatable bonds is 3. The van der Waals surface area contributed by atoms with Crippen LogP contribution in [0.3, 0.4) is 0 Å². The van der Waals surface area contributed by atoms with Gasteiger partial charge in [-0.25, -0.2) is 4.98 Å². The first kappa shape index (κ1) is 20.8. The number of halogens is 3. The molecule has 1 saturated heterocycles. The number of hydrogen-bond donors (Lipinski definition) is 2. The first-order valence-corrected chi connectivity index (χ1v) is 10.5. The van der Waals surface area contributed by atoms with Gasteiger partial charge in [-0.1, -0.05) is 0 Å². The highest BCUT2D eigenvalue weighted by Gasteiger charge is 2.31. The minimum Gasteiger partial charge on any atom is -0.482 e. The molecule has 2 aliphatic heterocycles. The third-order valence-electron chi connectivity index (χ3n) is 5.74. The van der Waals surface area contributed by atoms with Gasteiger partial charge in [-0.3, -0.25) is 9.69 Å². The smallest absolute Gasteiger partial charge is 0.417 e. The normalized spacial score (nSPS) is 17.5. The lowest BCUT2D eigenvalue weighted by Crippen LogP contribution is -2.28. The van der Waals surface area contributed by atoms with Crippen molar-refractivity contribution < 1.29 is 22.7 Å². The molecule has 32 heavy (non-hydrogen) atoms. The van der Waals surface area contributed by atoms with Crippen molar-refractivity contribution in [1.82, 2.24) is 19.6 Å². The molecule has 5 rings (SSSR count). The van der Waals surface area contributed by atoms with Crippen molar-refractivity contribution in [2.75, 3.05) is 38.1 Å². The van der Waals surface area contributed by atoms with Crippen LogP contribution < -0.4 is 15.4 Å². The minimum atomic E-state index is -4.45. The predicted octanol–water partition coefficient (Wildman–Crippen LogP) is 3.15. The lowest BCUT2D eigenvalue weighted by molar-refractivity contribution is -0.137. The van der Waals surface area contributed by atoms with Gasteiger partial charge in [0.05, 0.1) is 22.6 Å². The van der Waals surface area contributed by atoms with Crippen LogP contribution in [0.15, 0.2) is 36.5 Å². The Hall–Kier alpha value is -3.11. The number of pyridine rings is 1. The van der Waals surface area contributed by atoms with Crippen molar-refractivity contribution in [3.63, 3.8) is 0 Å². The molecule has 1 amide bonds. The summed E-state index contributed by atoms with van der Waals surface area (Å²) in [5.41, 5.74) is 2.21. The van der Waals surface area contributed by atoms with Gasteiger partial charge in [0.25, 0.3) is 5.91 Å². The van der Waals surface area contributed by atoms with Crippen LogP contribution in [0.2, 0.25) is 0 Å². The third kappa shape index (κ3) is 4.03. The van der Waals surface area contributed by atoms with Crippen molar-refractivity contribution >= 4 is 17.2 Å². The van der Waals surface area contributed by atoms with Crippen molar-refractivity contribution in [2.45, 2.75) is 19.1 Å². The van der Waals surface area contributed by atoms with Crippen LogP contribution in [0.25, 0.3) is 16.9 Å². The maximum Gasteiger partial charge on any atom is 0.417 e. The summed E-state index contributed by atoms with van der Waals surface area (Å²) in [5.74, 6) is 0.299. The Balaban J connectivity index is 1.62. The molecular weight excluding hydrogens is 423 g/mol. The second kappa shape index (κ2) is 8.10. The van der Waals surface area contributed by atoms with Crippen molar-refractivity contribution in [1.29, 1.82) is 0 Å². The number of alkyl halides is 3. The van der Waals surface area contributed by atoms with Gasteiger partial charge in [0.2, 0.25) is 0 Å². The van der Waals surface area contributed by atoms with E-state index in [0.717, 1.165) is 44.9 Å². The van der Waals surface area contributed by atoms with E-state index in [9.17, 15) is 18.0 Å². The fourth-order valence-electron chi connectivity index (χ4n) is 4.15. The molecule has 10 heteroatoms. The summed E-state index contributed by atoms with van der Waals surface area (Å²) in [4.78, 5) is 18.6. The Bertz CT molecular complexity index is 1170. The molecule has 0 unspecified atom stereocenters. The van der Waals surface area contributed by atoms with Gasteiger partial charge in [-0.05, 0) is 49.8 Å². The van der Waals surface area contributed by atoms with E-state index in [1.807, 2.05) is 6.07 Å². The van der Waals surface area contributed by atoms with E-state index < -0.39 is 11.7 Å². The number of amides is 1. The molecule has 168 valence electrons. The maximum absolute atomic E-state index is 13.4. The Morgan fingerprint density at radius 2 is 2.00 bits per heavy atom. The highest BCUT2D eigenvalue weighted by molar-refractivity contribution is 5.96. The molecule has 1 aromatic carbocycles. The van der Waals surface area contributed by atoms with Crippen LogP contribution >= 0.6 is 0 Å². The fraction of sp³-hybridized carbons (Fsp3) is 0.364. The summed E-state index contributed by atoms with van der Waals surface area (Å²) in [5, 5.41) is 6.12. The molecule has 1 fully saturated rings. The summed E-state index contributed by atoms with van der Waals surface area (Å²) in [6, 6.07) is 7.76. The number of nitrogens with one attached hydrogen (secondary N) is 2. The van der Waals surface area contributed by atoms with Crippen molar-refractivity contribution in [3.05, 3.63) is 47.8 Å². The number of hydrogen-bond acceptors (Lipinski definition) is 5. The fourth-order valence-corrected chi connectivity index (χ4v) is 4.15. The predicted molar refractivity (Wildman–Crippen MR) is 113 cm³/mol. The second-order valence-corrected chi connectivity index (χ2v) is 7.98. The molecule has 2 aromatic heterocycles. The zero-order valence-corrected chi connectivity index (χ0v) is 17.2. The number of fused-ring (bicyclic) bond motifs is 2. The number of nitrogens with zero attached hydrogens (tertiary/aromatic N) is 3. The summed E-state index contributed by atoms with van der Waals surface area (Å²) >= 11 is 0. The summed E-state index contributed by atoms with van der Waals surface area (Å²) < 4.78 is 47.2. The van der Waals surface area contributed by atoms with E-state index in [4.69, 9.17) is 4.74 Å². The lowest BCUT2D eigenvalue weighted by Gasteiger charge is -2.21. The van der Waals surface area contributed by atoms with Crippen molar-refractivity contribution in [2.24, 2.45) is 0 Å². The van der Waals surface area contributed by atoms with E-state index in [-0.39, 0.29) is 12.5 Å². The molecule has 0 radical (unpaired) electrons. The molecule has 0 bridgehead atoms. The lowest BCUT2D eigenvalue weighted by atomic mass is 10.1. The van der Waals surface area contributed by atoms with Gasteiger partial charge in [-0.2, -0.15) is 13.2 Å².